The van der Waals surface area contributed by atoms with Crippen LogP contribution in [0.5, 0.6) is 0 Å². The minimum Gasteiger partial charge on any atom is -0.368 e. The number of para-hydroxylation sites is 1. The van der Waals surface area contributed by atoms with E-state index in [1.807, 2.05) is 24.3 Å². The minimum absolute atomic E-state index is 0.316. The van der Waals surface area contributed by atoms with Crippen LogP contribution >= 0.6 is 0 Å². The number of nitrogen functional groups attached to an aromatic ring is 1. The summed E-state index contributed by atoms with van der Waals surface area (Å²) in [6, 6.07) is 8.70. The van der Waals surface area contributed by atoms with Gasteiger partial charge in [-0.1, -0.05) is 12.1 Å². The van der Waals surface area contributed by atoms with Crippen molar-refractivity contribution in [2.45, 2.75) is 18.9 Å². The van der Waals surface area contributed by atoms with Gasteiger partial charge < -0.3 is 16.0 Å². The second-order valence-electron chi connectivity index (χ2n) is 5.09. The standard InChI is InChI=1S/C14H19N5/c1-19(10-6-7-10)9-8-16-13-11-4-2-3-5-12(11)17-14(15)18-13/h2-5,10H,6-9H2,1H3,(H3,15,16,17,18). The number of nitrogens with one attached hydrogen (secondary N) is 1. The van der Waals surface area contributed by atoms with E-state index in [1.54, 1.807) is 0 Å². The Morgan fingerprint density at radius 2 is 2.11 bits per heavy atom. The molecule has 5 heteroatoms. The van der Waals surface area contributed by atoms with Gasteiger partial charge in [-0.3, -0.25) is 0 Å². The van der Waals surface area contributed by atoms with Gasteiger partial charge in [0.25, 0.3) is 0 Å². The normalized spacial score (nSPS) is 15.1. The fourth-order valence-corrected chi connectivity index (χ4v) is 2.28. The number of fused-ring (bicyclic) bond motifs is 1. The topological polar surface area (TPSA) is 67.1 Å². The zero-order valence-electron chi connectivity index (χ0n) is 11.1. The van der Waals surface area contributed by atoms with Crippen LogP contribution < -0.4 is 11.1 Å². The number of likely N-dealkylation sites (N-methyl/N-ethyl adjacent to an activating group) is 1. The van der Waals surface area contributed by atoms with Crippen LogP contribution in [-0.2, 0) is 0 Å². The van der Waals surface area contributed by atoms with Gasteiger partial charge in [0.15, 0.2) is 0 Å². The van der Waals surface area contributed by atoms with Gasteiger partial charge >= 0.3 is 0 Å². The van der Waals surface area contributed by atoms with Crippen molar-refractivity contribution in [1.82, 2.24) is 14.9 Å². The Bertz CT molecular complexity index is 579. The Balaban J connectivity index is 1.72. The molecule has 1 heterocycles. The molecule has 0 atom stereocenters. The molecule has 3 N–H and O–H groups in total. The molecular weight excluding hydrogens is 238 g/mol. The first-order valence-corrected chi connectivity index (χ1v) is 6.70. The van der Waals surface area contributed by atoms with Gasteiger partial charge in [0, 0.05) is 24.5 Å². The predicted octanol–water partition coefficient (Wildman–Crippen LogP) is 1.72. The molecule has 1 fully saturated rings. The summed E-state index contributed by atoms with van der Waals surface area (Å²) in [6.07, 6.45) is 2.67. The maximum Gasteiger partial charge on any atom is 0.222 e. The lowest BCUT2D eigenvalue weighted by Gasteiger charge is -2.16. The molecule has 2 aromatic rings. The van der Waals surface area contributed by atoms with E-state index in [2.05, 4.69) is 27.2 Å². The fourth-order valence-electron chi connectivity index (χ4n) is 2.28. The maximum absolute atomic E-state index is 5.74. The summed E-state index contributed by atoms with van der Waals surface area (Å²) in [4.78, 5) is 10.9. The highest BCUT2D eigenvalue weighted by Gasteiger charge is 2.25. The van der Waals surface area contributed by atoms with E-state index < -0.39 is 0 Å². The quantitative estimate of drug-likeness (QED) is 0.853. The SMILES string of the molecule is CN(CCNc1nc(N)nc2ccccc12)C1CC1. The summed E-state index contributed by atoms with van der Waals surface area (Å²) < 4.78 is 0. The second-order valence-corrected chi connectivity index (χ2v) is 5.09. The largest absolute Gasteiger partial charge is 0.368 e. The number of nitrogens with two attached hydrogens (primary N) is 1. The van der Waals surface area contributed by atoms with Crippen molar-refractivity contribution >= 4 is 22.7 Å². The molecule has 0 saturated heterocycles. The van der Waals surface area contributed by atoms with Crippen LogP contribution in [-0.4, -0.2) is 41.0 Å². The predicted molar refractivity (Wildman–Crippen MR) is 78.1 cm³/mol. The zero-order valence-corrected chi connectivity index (χ0v) is 11.1. The van der Waals surface area contributed by atoms with Crippen LogP contribution in [0.15, 0.2) is 24.3 Å². The first-order valence-electron chi connectivity index (χ1n) is 6.70. The van der Waals surface area contributed by atoms with E-state index in [0.717, 1.165) is 35.9 Å². The van der Waals surface area contributed by atoms with E-state index in [-0.39, 0.29) is 0 Å². The van der Waals surface area contributed by atoms with Gasteiger partial charge in [0.05, 0.1) is 5.52 Å². The minimum atomic E-state index is 0.316. The number of rotatable bonds is 5. The number of aromatic nitrogens is 2. The molecule has 3 rings (SSSR count). The molecule has 1 saturated carbocycles. The molecule has 0 aliphatic heterocycles. The Kier molecular flexibility index (Phi) is 3.21. The number of hydrogen-bond donors (Lipinski definition) is 2. The Morgan fingerprint density at radius 1 is 1.32 bits per heavy atom. The highest BCUT2D eigenvalue weighted by atomic mass is 15.2. The fraction of sp³-hybridized carbons (Fsp3) is 0.429. The molecule has 19 heavy (non-hydrogen) atoms. The van der Waals surface area contributed by atoms with Gasteiger partial charge in [0.1, 0.15) is 5.82 Å². The Morgan fingerprint density at radius 3 is 2.89 bits per heavy atom. The van der Waals surface area contributed by atoms with Crippen LogP contribution in [0, 0.1) is 0 Å². The van der Waals surface area contributed by atoms with Crippen LogP contribution in [0.3, 0.4) is 0 Å². The smallest absolute Gasteiger partial charge is 0.222 e. The molecule has 1 aromatic heterocycles. The van der Waals surface area contributed by atoms with Crippen molar-refractivity contribution < 1.29 is 0 Å². The summed E-state index contributed by atoms with van der Waals surface area (Å²) in [7, 11) is 2.17. The highest BCUT2D eigenvalue weighted by molar-refractivity contribution is 5.89. The Hall–Kier alpha value is -1.88. The van der Waals surface area contributed by atoms with E-state index in [1.165, 1.54) is 12.8 Å². The summed E-state index contributed by atoms with van der Waals surface area (Å²) in [5, 5.41) is 4.39. The molecular formula is C14H19N5. The molecule has 1 aliphatic carbocycles. The van der Waals surface area contributed by atoms with Gasteiger partial charge in [-0.25, -0.2) is 4.98 Å². The first kappa shape index (κ1) is 12.2. The number of nitrogens with zero attached hydrogens (tertiary/aromatic N) is 3. The third-order valence-electron chi connectivity index (χ3n) is 3.55. The van der Waals surface area contributed by atoms with Crippen LogP contribution in [0.2, 0.25) is 0 Å². The molecule has 0 amide bonds. The summed E-state index contributed by atoms with van der Waals surface area (Å²) in [5.41, 5.74) is 6.62. The van der Waals surface area contributed by atoms with Crippen molar-refractivity contribution in [3.05, 3.63) is 24.3 Å². The van der Waals surface area contributed by atoms with E-state index in [4.69, 9.17) is 5.73 Å². The van der Waals surface area contributed by atoms with Crippen molar-refractivity contribution in [2.24, 2.45) is 0 Å². The lowest BCUT2D eigenvalue weighted by Crippen LogP contribution is -2.27. The van der Waals surface area contributed by atoms with Crippen molar-refractivity contribution in [3.8, 4) is 0 Å². The third kappa shape index (κ3) is 2.76. The average molecular weight is 257 g/mol. The summed E-state index contributed by atoms with van der Waals surface area (Å²) >= 11 is 0. The third-order valence-corrected chi connectivity index (χ3v) is 3.55. The van der Waals surface area contributed by atoms with Crippen LogP contribution in [0.25, 0.3) is 10.9 Å². The van der Waals surface area contributed by atoms with Crippen molar-refractivity contribution in [2.75, 3.05) is 31.2 Å². The van der Waals surface area contributed by atoms with Crippen molar-refractivity contribution in [1.29, 1.82) is 0 Å². The zero-order chi connectivity index (χ0) is 13.2. The van der Waals surface area contributed by atoms with Gasteiger partial charge in [0.2, 0.25) is 5.95 Å². The number of anilines is 2. The summed E-state index contributed by atoms with van der Waals surface area (Å²) in [5.74, 6) is 1.14. The molecule has 100 valence electrons. The van der Waals surface area contributed by atoms with Gasteiger partial charge in [-0.15, -0.1) is 0 Å². The first-order chi connectivity index (χ1) is 9.24. The molecule has 1 aromatic carbocycles. The molecule has 0 bridgehead atoms. The number of benzene rings is 1. The van der Waals surface area contributed by atoms with Crippen LogP contribution in [0.1, 0.15) is 12.8 Å². The van der Waals surface area contributed by atoms with E-state index in [9.17, 15) is 0 Å². The van der Waals surface area contributed by atoms with Crippen molar-refractivity contribution in [3.63, 3.8) is 0 Å². The molecule has 5 nitrogen and oxygen atoms in total. The lowest BCUT2D eigenvalue weighted by molar-refractivity contribution is 0.337. The van der Waals surface area contributed by atoms with E-state index in [0.29, 0.717) is 5.95 Å². The molecule has 0 radical (unpaired) electrons. The molecule has 0 unspecified atom stereocenters. The van der Waals surface area contributed by atoms with Crippen LogP contribution in [0.4, 0.5) is 11.8 Å². The second kappa shape index (κ2) is 5.01. The molecule has 1 aliphatic rings. The highest BCUT2D eigenvalue weighted by Crippen LogP contribution is 2.25. The maximum atomic E-state index is 5.74. The Labute approximate surface area is 112 Å². The average Bonchev–Trinajstić information content (AvgIpc) is 3.22. The van der Waals surface area contributed by atoms with Gasteiger partial charge in [-0.05, 0) is 32.0 Å². The number of hydrogen-bond acceptors (Lipinski definition) is 5. The summed E-state index contributed by atoms with van der Waals surface area (Å²) in [6.45, 7) is 1.89. The van der Waals surface area contributed by atoms with E-state index >= 15 is 0 Å². The monoisotopic (exact) mass is 257 g/mol. The van der Waals surface area contributed by atoms with Gasteiger partial charge in [-0.2, -0.15) is 4.98 Å². The lowest BCUT2D eigenvalue weighted by atomic mass is 10.2. The molecule has 0 spiro atoms.